The highest BCUT2D eigenvalue weighted by atomic mass is 35.5. The molecule has 0 spiro atoms. The number of rotatable bonds is 2. The van der Waals surface area contributed by atoms with Crippen LogP contribution in [-0.4, -0.2) is 47.1 Å². The van der Waals surface area contributed by atoms with E-state index in [2.05, 4.69) is 0 Å². The van der Waals surface area contributed by atoms with E-state index < -0.39 is 0 Å². The van der Waals surface area contributed by atoms with Crippen molar-refractivity contribution in [1.29, 1.82) is 0 Å². The number of amides is 1. The topological polar surface area (TPSA) is 49.8 Å². The van der Waals surface area contributed by atoms with Crippen molar-refractivity contribution in [3.05, 3.63) is 28.8 Å². The van der Waals surface area contributed by atoms with Gasteiger partial charge in [-0.05, 0) is 25.1 Å². The number of hydrogen-bond acceptors (Lipinski definition) is 3. The van der Waals surface area contributed by atoms with E-state index in [1.54, 1.807) is 11.0 Å². The van der Waals surface area contributed by atoms with Crippen LogP contribution < -0.4 is 0 Å². The van der Waals surface area contributed by atoms with E-state index in [4.69, 9.17) is 27.9 Å². The van der Waals surface area contributed by atoms with E-state index in [0.29, 0.717) is 24.1 Å². The second kappa shape index (κ2) is 5.99. The molecule has 2 unspecified atom stereocenters. The number of carbonyl (C=O) groups is 1. The van der Waals surface area contributed by atoms with Crippen LogP contribution in [-0.2, 0) is 4.74 Å². The molecule has 0 aromatic heterocycles. The summed E-state index contributed by atoms with van der Waals surface area (Å²) >= 11 is 11.5. The van der Waals surface area contributed by atoms with Crippen LogP contribution >= 0.6 is 23.2 Å². The van der Waals surface area contributed by atoms with Crippen LogP contribution in [0.1, 0.15) is 17.3 Å². The Morgan fingerprint density at radius 3 is 2.95 bits per heavy atom. The van der Waals surface area contributed by atoms with Crippen LogP contribution in [0, 0.1) is 0 Å². The highest BCUT2D eigenvalue weighted by molar-refractivity contribution is 6.30. The van der Waals surface area contributed by atoms with Gasteiger partial charge in [0.2, 0.25) is 0 Å². The van der Waals surface area contributed by atoms with Gasteiger partial charge >= 0.3 is 0 Å². The Bertz CT molecular complexity index is 481. The van der Waals surface area contributed by atoms with Gasteiger partial charge in [0.1, 0.15) is 5.75 Å². The number of nitrogens with zero attached hydrogens (tertiary/aromatic N) is 1. The molecule has 2 atom stereocenters. The maximum absolute atomic E-state index is 12.4. The molecule has 6 heteroatoms. The van der Waals surface area contributed by atoms with Crippen LogP contribution in [0.15, 0.2) is 18.2 Å². The van der Waals surface area contributed by atoms with Crippen molar-refractivity contribution in [2.24, 2.45) is 0 Å². The van der Waals surface area contributed by atoms with Gasteiger partial charge < -0.3 is 14.7 Å². The summed E-state index contributed by atoms with van der Waals surface area (Å²) in [5.41, 5.74) is 0.242. The molecule has 0 aliphatic carbocycles. The molecule has 0 bridgehead atoms. The largest absolute Gasteiger partial charge is 0.507 e. The molecule has 1 aromatic carbocycles. The van der Waals surface area contributed by atoms with Crippen LogP contribution in [0.2, 0.25) is 5.02 Å². The smallest absolute Gasteiger partial charge is 0.258 e. The number of phenols is 1. The lowest BCUT2D eigenvalue weighted by molar-refractivity contribution is -0.0372. The minimum absolute atomic E-state index is 0.0537. The van der Waals surface area contributed by atoms with E-state index in [9.17, 15) is 9.90 Å². The molecule has 0 radical (unpaired) electrons. The minimum atomic E-state index is -0.236. The van der Waals surface area contributed by atoms with Crippen LogP contribution in [0.4, 0.5) is 0 Å². The summed E-state index contributed by atoms with van der Waals surface area (Å²) in [6.07, 6.45) is -0.170. The number of ether oxygens (including phenoxy) is 1. The summed E-state index contributed by atoms with van der Waals surface area (Å²) in [5.74, 6) is -0.0120. The molecule has 1 fully saturated rings. The number of aromatic hydroxyl groups is 1. The summed E-state index contributed by atoms with van der Waals surface area (Å²) in [6.45, 7) is 2.76. The highest BCUT2D eigenvalue weighted by Gasteiger charge is 2.30. The molecule has 2 rings (SSSR count). The van der Waals surface area contributed by atoms with E-state index in [1.807, 2.05) is 6.92 Å². The van der Waals surface area contributed by atoms with Crippen LogP contribution in [0.3, 0.4) is 0 Å². The molecule has 19 heavy (non-hydrogen) atoms. The van der Waals surface area contributed by atoms with Gasteiger partial charge in [-0.2, -0.15) is 0 Å². The zero-order valence-corrected chi connectivity index (χ0v) is 12.0. The fourth-order valence-electron chi connectivity index (χ4n) is 2.03. The molecule has 1 aliphatic rings. The second-order valence-corrected chi connectivity index (χ2v) is 5.32. The van der Waals surface area contributed by atoms with Crippen molar-refractivity contribution in [2.75, 3.05) is 19.0 Å². The summed E-state index contributed by atoms with van der Waals surface area (Å²) in [6, 6.07) is 4.41. The molecule has 0 saturated carbocycles. The van der Waals surface area contributed by atoms with Crippen molar-refractivity contribution < 1.29 is 14.6 Å². The number of phenolic OH excluding ortho intramolecular Hbond substituents is 1. The van der Waals surface area contributed by atoms with Crippen molar-refractivity contribution in [2.45, 2.75) is 19.1 Å². The number of carbonyl (C=O) groups excluding carboxylic acids is 1. The summed E-state index contributed by atoms with van der Waals surface area (Å²) in [5, 5.41) is 10.2. The first-order chi connectivity index (χ1) is 9.02. The number of halogens is 2. The van der Waals surface area contributed by atoms with Crippen molar-refractivity contribution >= 4 is 29.1 Å². The van der Waals surface area contributed by atoms with Gasteiger partial charge in [-0.25, -0.2) is 0 Å². The lowest BCUT2D eigenvalue weighted by atomic mass is 10.1. The Kier molecular flexibility index (Phi) is 4.55. The lowest BCUT2D eigenvalue weighted by Crippen LogP contribution is -2.51. The van der Waals surface area contributed by atoms with Gasteiger partial charge in [0.15, 0.2) is 0 Å². The maximum Gasteiger partial charge on any atom is 0.258 e. The predicted octanol–water partition coefficient (Wildman–Crippen LogP) is 2.51. The second-order valence-electron chi connectivity index (χ2n) is 4.58. The van der Waals surface area contributed by atoms with Crippen LogP contribution in [0.25, 0.3) is 0 Å². The normalized spacial score (nSPS) is 23.4. The average molecular weight is 304 g/mol. The zero-order valence-electron chi connectivity index (χ0n) is 10.5. The van der Waals surface area contributed by atoms with Crippen molar-refractivity contribution in [3.8, 4) is 5.75 Å². The lowest BCUT2D eigenvalue weighted by Gasteiger charge is -2.37. The van der Waals surface area contributed by atoms with Gasteiger partial charge in [0, 0.05) is 11.6 Å². The standard InChI is InChI=1S/C13H15Cl2NO3/c1-8-7-19-10(5-14)6-16(8)13(18)11-3-2-9(15)4-12(11)17/h2-4,8,10,17H,5-7H2,1H3. The maximum atomic E-state index is 12.4. The molecular formula is C13H15Cl2NO3. The van der Waals surface area contributed by atoms with Crippen LogP contribution in [0.5, 0.6) is 5.75 Å². The van der Waals surface area contributed by atoms with Crippen molar-refractivity contribution in [1.82, 2.24) is 4.90 Å². The molecule has 1 amide bonds. The molecular weight excluding hydrogens is 289 g/mol. The average Bonchev–Trinajstić information content (AvgIpc) is 2.38. The minimum Gasteiger partial charge on any atom is -0.507 e. The fourth-order valence-corrected chi connectivity index (χ4v) is 2.39. The third-order valence-electron chi connectivity index (χ3n) is 3.13. The Morgan fingerprint density at radius 1 is 1.58 bits per heavy atom. The number of benzene rings is 1. The van der Waals surface area contributed by atoms with E-state index in [-0.39, 0.29) is 29.4 Å². The first kappa shape index (κ1) is 14.4. The SMILES string of the molecule is CC1COC(CCl)CN1C(=O)c1ccc(Cl)cc1O. The number of morpholine rings is 1. The first-order valence-corrected chi connectivity index (χ1v) is 6.91. The molecule has 104 valence electrons. The van der Waals surface area contributed by atoms with Gasteiger partial charge in [0.05, 0.1) is 30.2 Å². The van der Waals surface area contributed by atoms with Gasteiger partial charge in [-0.3, -0.25) is 4.79 Å². The highest BCUT2D eigenvalue weighted by Crippen LogP contribution is 2.25. The molecule has 1 N–H and O–H groups in total. The number of hydrogen-bond donors (Lipinski definition) is 1. The molecule has 1 aliphatic heterocycles. The number of alkyl halides is 1. The first-order valence-electron chi connectivity index (χ1n) is 6.00. The zero-order chi connectivity index (χ0) is 14.0. The Hall–Kier alpha value is -0.970. The third kappa shape index (κ3) is 3.14. The van der Waals surface area contributed by atoms with E-state index in [1.165, 1.54) is 12.1 Å². The summed E-state index contributed by atoms with van der Waals surface area (Å²) < 4.78 is 5.50. The monoisotopic (exact) mass is 303 g/mol. The van der Waals surface area contributed by atoms with Gasteiger partial charge in [-0.1, -0.05) is 11.6 Å². The van der Waals surface area contributed by atoms with Crippen molar-refractivity contribution in [3.63, 3.8) is 0 Å². The summed E-state index contributed by atoms with van der Waals surface area (Å²) in [7, 11) is 0. The third-order valence-corrected chi connectivity index (χ3v) is 3.71. The Balaban J connectivity index is 2.22. The Labute approximate surface area is 121 Å². The molecule has 1 aromatic rings. The van der Waals surface area contributed by atoms with E-state index in [0.717, 1.165) is 0 Å². The predicted molar refractivity (Wildman–Crippen MR) is 74.1 cm³/mol. The summed E-state index contributed by atoms with van der Waals surface area (Å²) in [4.78, 5) is 14.1. The Morgan fingerprint density at radius 2 is 2.32 bits per heavy atom. The van der Waals surface area contributed by atoms with Gasteiger partial charge in [0.25, 0.3) is 5.91 Å². The van der Waals surface area contributed by atoms with Gasteiger partial charge in [-0.15, -0.1) is 11.6 Å². The fraction of sp³-hybridized carbons (Fsp3) is 0.462. The molecule has 1 saturated heterocycles. The molecule has 4 nitrogen and oxygen atoms in total. The molecule has 1 heterocycles. The quantitative estimate of drug-likeness (QED) is 0.854. The van der Waals surface area contributed by atoms with E-state index >= 15 is 0 Å².